The predicted molar refractivity (Wildman–Crippen MR) is 107 cm³/mol. The first-order valence-corrected chi connectivity index (χ1v) is 11.1. The molecule has 27 heavy (non-hydrogen) atoms. The molecule has 3 aliphatic rings. The third-order valence-electron chi connectivity index (χ3n) is 6.06. The molecule has 6 nitrogen and oxygen atoms in total. The topological polar surface area (TPSA) is 64.7 Å². The van der Waals surface area contributed by atoms with Gasteiger partial charge in [0.1, 0.15) is 0 Å². The summed E-state index contributed by atoms with van der Waals surface area (Å²) in [4.78, 5) is 30.7. The maximum Gasteiger partial charge on any atom is 0.237 e. The van der Waals surface area contributed by atoms with Crippen molar-refractivity contribution in [3.63, 3.8) is 0 Å². The predicted octanol–water partition coefficient (Wildman–Crippen LogP) is 1.21. The Balaban J connectivity index is 1.22. The third kappa shape index (κ3) is 4.70. The molecule has 0 spiro atoms. The van der Waals surface area contributed by atoms with Crippen molar-refractivity contribution in [3.8, 4) is 0 Å². The van der Waals surface area contributed by atoms with Gasteiger partial charge in [0.15, 0.2) is 0 Å². The van der Waals surface area contributed by atoms with E-state index < -0.39 is 0 Å². The van der Waals surface area contributed by atoms with Gasteiger partial charge < -0.3 is 15.5 Å². The summed E-state index contributed by atoms with van der Waals surface area (Å²) < 4.78 is 0. The van der Waals surface area contributed by atoms with Gasteiger partial charge in [-0.15, -0.1) is 11.3 Å². The SMILES string of the molecule is O=C(NCC1CCCN(CC(=O)N2CCc3sccc3C2)C1)C1CCCN1. The Morgan fingerprint density at radius 1 is 1.26 bits per heavy atom. The monoisotopic (exact) mass is 390 g/mol. The lowest BCUT2D eigenvalue weighted by atomic mass is 9.97. The van der Waals surface area contributed by atoms with Crippen LogP contribution in [0.15, 0.2) is 11.4 Å². The lowest BCUT2D eigenvalue weighted by Gasteiger charge is -2.35. The molecule has 2 saturated heterocycles. The summed E-state index contributed by atoms with van der Waals surface area (Å²) in [6.07, 6.45) is 5.25. The van der Waals surface area contributed by atoms with Gasteiger partial charge in [0, 0.05) is 31.1 Å². The summed E-state index contributed by atoms with van der Waals surface area (Å²) in [7, 11) is 0. The highest BCUT2D eigenvalue weighted by atomic mass is 32.1. The Bertz CT molecular complexity index is 671. The molecule has 1 aromatic rings. The van der Waals surface area contributed by atoms with Crippen LogP contribution in [0.1, 0.15) is 36.1 Å². The molecule has 3 aliphatic heterocycles. The molecule has 0 aromatic carbocycles. The molecular weight excluding hydrogens is 360 g/mol. The van der Waals surface area contributed by atoms with Gasteiger partial charge in [0.25, 0.3) is 0 Å². The van der Waals surface area contributed by atoms with Gasteiger partial charge in [0.2, 0.25) is 11.8 Å². The molecule has 4 heterocycles. The Kier molecular flexibility index (Phi) is 6.10. The number of carbonyl (C=O) groups excluding carboxylic acids is 2. The van der Waals surface area contributed by atoms with E-state index in [1.807, 2.05) is 4.90 Å². The number of hydrogen-bond acceptors (Lipinski definition) is 5. The molecule has 0 saturated carbocycles. The molecule has 0 bridgehead atoms. The van der Waals surface area contributed by atoms with Gasteiger partial charge in [0.05, 0.1) is 12.6 Å². The van der Waals surface area contributed by atoms with Gasteiger partial charge in [-0.2, -0.15) is 0 Å². The lowest BCUT2D eigenvalue weighted by Crippen LogP contribution is -2.48. The van der Waals surface area contributed by atoms with Crippen LogP contribution in [-0.4, -0.2) is 66.9 Å². The summed E-state index contributed by atoms with van der Waals surface area (Å²) in [5.74, 6) is 0.828. The molecule has 148 valence electrons. The Hall–Kier alpha value is -1.44. The van der Waals surface area contributed by atoms with Crippen LogP contribution in [0.5, 0.6) is 0 Å². The highest BCUT2D eigenvalue weighted by Crippen LogP contribution is 2.24. The van der Waals surface area contributed by atoms with Crippen molar-refractivity contribution >= 4 is 23.2 Å². The Labute approximate surface area is 165 Å². The van der Waals surface area contributed by atoms with Crippen LogP contribution in [-0.2, 0) is 22.6 Å². The molecule has 2 amide bonds. The molecular formula is C20H30N4O2S. The minimum Gasteiger partial charge on any atom is -0.354 e. The number of likely N-dealkylation sites (tertiary alicyclic amines) is 1. The zero-order valence-electron chi connectivity index (χ0n) is 15.9. The summed E-state index contributed by atoms with van der Waals surface area (Å²) in [6, 6.07) is 2.14. The van der Waals surface area contributed by atoms with Gasteiger partial charge in [-0.05, 0) is 68.1 Å². The number of fused-ring (bicyclic) bond motifs is 1. The van der Waals surface area contributed by atoms with Crippen molar-refractivity contribution in [1.29, 1.82) is 0 Å². The fourth-order valence-corrected chi connectivity index (χ4v) is 5.38. The summed E-state index contributed by atoms with van der Waals surface area (Å²) in [5, 5.41) is 8.49. The molecule has 1 aromatic heterocycles. The van der Waals surface area contributed by atoms with Gasteiger partial charge in [-0.3, -0.25) is 14.5 Å². The Morgan fingerprint density at radius 2 is 2.19 bits per heavy atom. The molecule has 0 aliphatic carbocycles. The first-order valence-electron chi connectivity index (χ1n) is 10.3. The largest absolute Gasteiger partial charge is 0.354 e. The molecule has 4 rings (SSSR count). The molecule has 2 fully saturated rings. The quantitative estimate of drug-likeness (QED) is 0.793. The fourth-order valence-electron chi connectivity index (χ4n) is 4.49. The maximum atomic E-state index is 12.8. The van der Waals surface area contributed by atoms with Gasteiger partial charge in [-0.25, -0.2) is 0 Å². The van der Waals surface area contributed by atoms with Crippen molar-refractivity contribution in [2.45, 2.75) is 44.7 Å². The normalized spacial score (nSPS) is 26.0. The van der Waals surface area contributed by atoms with E-state index in [0.29, 0.717) is 12.5 Å². The van der Waals surface area contributed by atoms with Crippen LogP contribution >= 0.6 is 11.3 Å². The first kappa shape index (κ1) is 18.9. The highest BCUT2D eigenvalue weighted by molar-refractivity contribution is 7.10. The second-order valence-corrected chi connectivity index (χ2v) is 9.07. The minimum absolute atomic E-state index is 0.00707. The average Bonchev–Trinajstić information content (AvgIpc) is 3.37. The summed E-state index contributed by atoms with van der Waals surface area (Å²) in [6.45, 7) is 5.67. The molecule has 2 unspecified atom stereocenters. The van der Waals surface area contributed by atoms with E-state index in [0.717, 1.165) is 71.4 Å². The number of rotatable bonds is 5. The molecule has 7 heteroatoms. The summed E-state index contributed by atoms with van der Waals surface area (Å²) >= 11 is 1.80. The maximum absolute atomic E-state index is 12.8. The van der Waals surface area contributed by atoms with Crippen LogP contribution in [0.2, 0.25) is 0 Å². The van der Waals surface area contributed by atoms with E-state index in [1.54, 1.807) is 11.3 Å². The Morgan fingerprint density at radius 3 is 3.04 bits per heavy atom. The van der Waals surface area contributed by atoms with E-state index in [-0.39, 0.29) is 17.9 Å². The van der Waals surface area contributed by atoms with Gasteiger partial charge >= 0.3 is 0 Å². The van der Waals surface area contributed by atoms with Crippen LogP contribution in [0.3, 0.4) is 0 Å². The standard InChI is InChI=1S/C20H30N4O2S/c25-19(24-9-5-18-16(13-24)6-10-27-18)14-23-8-2-3-15(12-23)11-22-20(26)17-4-1-7-21-17/h6,10,15,17,21H,1-5,7-9,11-14H2,(H,22,26). The smallest absolute Gasteiger partial charge is 0.237 e. The number of nitrogens with one attached hydrogen (secondary N) is 2. The highest BCUT2D eigenvalue weighted by Gasteiger charge is 2.27. The average molecular weight is 391 g/mol. The van der Waals surface area contributed by atoms with Gasteiger partial charge in [-0.1, -0.05) is 0 Å². The van der Waals surface area contributed by atoms with Crippen molar-refractivity contribution in [1.82, 2.24) is 20.4 Å². The van der Waals surface area contributed by atoms with E-state index in [9.17, 15) is 9.59 Å². The third-order valence-corrected chi connectivity index (χ3v) is 7.09. The van der Waals surface area contributed by atoms with E-state index >= 15 is 0 Å². The number of carbonyl (C=O) groups is 2. The minimum atomic E-state index is -0.00707. The number of piperidine rings is 1. The molecule has 2 N–H and O–H groups in total. The molecule has 2 atom stereocenters. The summed E-state index contributed by atoms with van der Waals surface area (Å²) in [5.41, 5.74) is 1.32. The van der Waals surface area contributed by atoms with Crippen molar-refractivity contribution in [3.05, 3.63) is 21.9 Å². The fraction of sp³-hybridized carbons (Fsp3) is 0.700. The van der Waals surface area contributed by atoms with E-state index in [1.165, 1.54) is 10.4 Å². The van der Waals surface area contributed by atoms with Crippen LogP contribution in [0.4, 0.5) is 0 Å². The number of thiophene rings is 1. The lowest BCUT2D eigenvalue weighted by molar-refractivity contribution is -0.134. The number of amides is 2. The first-order chi connectivity index (χ1) is 13.2. The van der Waals surface area contributed by atoms with Crippen LogP contribution < -0.4 is 10.6 Å². The second kappa shape index (κ2) is 8.71. The molecule has 0 radical (unpaired) electrons. The zero-order chi connectivity index (χ0) is 18.6. The van der Waals surface area contributed by atoms with E-state index in [4.69, 9.17) is 0 Å². The van der Waals surface area contributed by atoms with Crippen molar-refractivity contribution in [2.75, 3.05) is 39.3 Å². The second-order valence-electron chi connectivity index (χ2n) is 8.07. The number of hydrogen-bond donors (Lipinski definition) is 2. The van der Waals surface area contributed by atoms with Crippen molar-refractivity contribution in [2.24, 2.45) is 5.92 Å². The van der Waals surface area contributed by atoms with Crippen molar-refractivity contribution < 1.29 is 9.59 Å². The van der Waals surface area contributed by atoms with Crippen LogP contribution in [0.25, 0.3) is 0 Å². The number of nitrogens with zero attached hydrogens (tertiary/aromatic N) is 2. The zero-order valence-corrected chi connectivity index (χ0v) is 16.7. The van der Waals surface area contributed by atoms with E-state index in [2.05, 4.69) is 27.0 Å². The van der Waals surface area contributed by atoms with Crippen LogP contribution in [0, 0.1) is 5.92 Å².